The van der Waals surface area contributed by atoms with Crippen molar-refractivity contribution in [1.82, 2.24) is 4.90 Å². The first kappa shape index (κ1) is 21.9. The van der Waals surface area contributed by atoms with Crippen LogP contribution in [-0.2, 0) is 6.54 Å². The molecule has 0 aliphatic carbocycles. The molecule has 8 heteroatoms. The molecule has 0 bridgehead atoms. The average Bonchev–Trinajstić information content (AvgIpc) is 2.82. The van der Waals surface area contributed by atoms with Crippen LogP contribution in [-0.4, -0.2) is 48.6 Å². The zero-order chi connectivity index (χ0) is 22.7. The lowest BCUT2D eigenvalue weighted by molar-refractivity contribution is -0.384. The van der Waals surface area contributed by atoms with E-state index in [9.17, 15) is 14.9 Å². The molecule has 0 unspecified atom stereocenters. The Morgan fingerprint density at radius 1 is 1.19 bits per heavy atom. The normalized spacial score (nSPS) is 16.0. The van der Waals surface area contributed by atoms with E-state index in [2.05, 4.69) is 11.8 Å². The number of ether oxygens (including phenoxy) is 2. The number of anilines is 1. The summed E-state index contributed by atoms with van der Waals surface area (Å²) in [5.41, 5.74) is 1.74. The monoisotopic (exact) mass is 439 g/mol. The summed E-state index contributed by atoms with van der Waals surface area (Å²) < 4.78 is 11.4. The zero-order valence-corrected chi connectivity index (χ0v) is 18.6. The van der Waals surface area contributed by atoms with Crippen molar-refractivity contribution in [2.24, 2.45) is 5.92 Å². The Labute approximate surface area is 187 Å². The highest BCUT2D eigenvalue weighted by Crippen LogP contribution is 2.35. The second-order valence-corrected chi connectivity index (χ2v) is 8.39. The van der Waals surface area contributed by atoms with Crippen LogP contribution in [0.1, 0.15) is 42.6 Å². The Hall–Kier alpha value is -3.29. The fourth-order valence-electron chi connectivity index (χ4n) is 4.29. The van der Waals surface area contributed by atoms with Crippen LogP contribution >= 0.6 is 0 Å². The second kappa shape index (κ2) is 9.46. The number of benzene rings is 2. The minimum Gasteiger partial charge on any atom is -0.486 e. The molecule has 2 aliphatic rings. The fraction of sp³-hybridized carbons (Fsp3) is 0.458. The van der Waals surface area contributed by atoms with Gasteiger partial charge in [0.25, 0.3) is 11.6 Å². The van der Waals surface area contributed by atoms with Gasteiger partial charge in [-0.25, -0.2) is 0 Å². The van der Waals surface area contributed by atoms with E-state index < -0.39 is 0 Å². The van der Waals surface area contributed by atoms with Crippen molar-refractivity contribution in [2.75, 3.05) is 37.7 Å². The molecule has 32 heavy (non-hydrogen) atoms. The maximum atomic E-state index is 13.3. The third-order valence-electron chi connectivity index (χ3n) is 6.22. The first-order chi connectivity index (χ1) is 15.5. The van der Waals surface area contributed by atoms with Gasteiger partial charge >= 0.3 is 0 Å². The van der Waals surface area contributed by atoms with E-state index in [-0.39, 0.29) is 16.5 Å². The van der Waals surface area contributed by atoms with Gasteiger partial charge in [-0.2, -0.15) is 0 Å². The van der Waals surface area contributed by atoms with Crippen LogP contribution in [0.25, 0.3) is 0 Å². The molecule has 2 heterocycles. The molecule has 8 nitrogen and oxygen atoms in total. The van der Waals surface area contributed by atoms with Crippen molar-refractivity contribution in [2.45, 2.75) is 33.2 Å². The molecule has 1 amide bonds. The molecular formula is C24H29N3O5. The molecule has 170 valence electrons. The Morgan fingerprint density at radius 3 is 2.66 bits per heavy atom. The Kier molecular flexibility index (Phi) is 6.48. The number of carbonyl (C=O) groups is 1. The van der Waals surface area contributed by atoms with Gasteiger partial charge in [-0.05, 0) is 43.9 Å². The predicted octanol–water partition coefficient (Wildman–Crippen LogP) is 4.26. The summed E-state index contributed by atoms with van der Waals surface area (Å²) in [5.74, 6) is 1.71. The number of carbonyl (C=O) groups excluding carboxylic acids is 1. The van der Waals surface area contributed by atoms with E-state index in [4.69, 9.17) is 9.47 Å². The van der Waals surface area contributed by atoms with Crippen LogP contribution in [0.5, 0.6) is 11.5 Å². The van der Waals surface area contributed by atoms with Crippen molar-refractivity contribution < 1.29 is 19.2 Å². The molecule has 0 saturated carbocycles. The largest absolute Gasteiger partial charge is 0.486 e. The number of rotatable bonds is 6. The molecule has 0 spiro atoms. The van der Waals surface area contributed by atoms with Crippen LogP contribution in [0.15, 0.2) is 36.4 Å². The van der Waals surface area contributed by atoms with Gasteiger partial charge in [-0.15, -0.1) is 0 Å². The van der Waals surface area contributed by atoms with E-state index in [1.54, 1.807) is 17.0 Å². The van der Waals surface area contributed by atoms with Gasteiger partial charge in [0.2, 0.25) is 0 Å². The van der Waals surface area contributed by atoms with Gasteiger partial charge in [0.1, 0.15) is 18.9 Å². The van der Waals surface area contributed by atoms with E-state index >= 15 is 0 Å². The van der Waals surface area contributed by atoms with Crippen molar-refractivity contribution in [1.29, 1.82) is 0 Å². The molecule has 1 fully saturated rings. The number of piperidine rings is 1. The molecule has 0 radical (unpaired) electrons. The SMILES string of the molecule is CCN(Cc1cccc2c1OCCO2)C(=O)c1ccc(N2CCC(C)CC2)c([N+](=O)[O-])c1. The minimum atomic E-state index is -0.390. The van der Waals surface area contributed by atoms with Gasteiger partial charge in [0.15, 0.2) is 11.5 Å². The summed E-state index contributed by atoms with van der Waals surface area (Å²) in [6, 6.07) is 10.5. The number of amides is 1. The molecule has 4 rings (SSSR count). The highest BCUT2D eigenvalue weighted by atomic mass is 16.6. The third-order valence-corrected chi connectivity index (χ3v) is 6.22. The highest BCUT2D eigenvalue weighted by molar-refractivity contribution is 5.95. The van der Waals surface area contributed by atoms with Crippen LogP contribution < -0.4 is 14.4 Å². The molecule has 2 aromatic carbocycles. The highest BCUT2D eigenvalue weighted by Gasteiger charge is 2.26. The molecular weight excluding hydrogens is 410 g/mol. The first-order valence-corrected chi connectivity index (χ1v) is 11.2. The predicted molar refractivity (Wildman–Crippen MR) is 122 cm³/mol. The maximum Gasteiger partial charge on any atom is 0.293 e. The number of hydrogen-bond acceptors (Lipinski definition) is 6. The molecule has 1 saturated heterocycles. The van der Waals surface area contributed by atoms with Crippen LogP contribution in [0.2, 0.25) is 0 Å². The summed E-state index contributed by atoms with van der Waals surface area (Å²) in [7, 11) is 0. The van der Waals surface area contributed by atoms with E-state index in [1.165, 1.54) is 6.07 Å². The molecule has 0 atom stereocenters. The number of hydrogen-bond donors (Lipinski definition) is 0. The zero-order valence-electron chi connectivity index (χ0n) is 18.6. The summed E-state index contributed by atoms with van der Waals surface area (Å²) >= 11 is 0. The topological polar surface area (TPSA) is 85.2 Å². The smallest absolute Gasteiger partial charge is 0.293 e. The van der Waals surface area contributed by atoms with E-state index in [0.29, 0.717) is 55.0 Å². The van der Waals surface area contributed by atoms with Crippen molar-refractivity contribution >= 4 is 17.3 Å². The van der Waals surface area contributed by atoms with Gasteiger partial charge in [-0.1, -0.05) is 19.1 Å². The minimum absolute atomic E-state index is 0.0183. The second-order valence-electron chi connectivity index (χ2n) is 8.39. The van der Waals surface area contributed by atoms with Crippen molar-refractivity contribution in [3.63, 3.8) is 0 Å². The van der Waals surface area contributed by atoms with E-state index in [0.717, 1.165) is 31.5 Å². The summed E-state index contributed by atoms with van der Waals surface area (Å²) in [5, 5.41) is 11.8. The molecule has 0 N–H and O–H groups in total. The van der Waals surface area contributed by atoms with Crippen LogP contribution in [0.3, 0.4) is 0 Å². The van der Waals surface area contributed by atoms with Gasteiger partial charge in [-0.3, -0.25) is 14.9 Å². The summed E-state index contributed by atoms with van der Waals surface area (Å²) in [6.07, 6.45) is 2.02. The standard InChI is InChI=1S/C24H29N3O5/c1-3-25(16-19-5-4-6-22-23(19)32-14-13-31-22)24(28)18-7-8-20(21(15-18)27(29)30)26-11-9-17(2)10-12-26/h4-8,15,17H,3,9-14,16H2,1-2H3. The van der Waals surface area contributed by atoms with Crippen molar-refractivity contribution in [3.8, 4) is 11.5 Å². The van der Waals surface area contributed by atoms with Gasteiger partial charge in [0, 0.05) is 43.4 Å². The Bertz CT molecular complexity index is 1000. The Balaban J connectivity index is 1.57. The van der Waals surface area contributed by atoms with Gasteiger partial charge < -0.3 is 19.3 Å². The van der Waals surface area contributed by atoms with Crippen molar-refractivity contribution in [3.05, 3.63) is 57.6 Å². The summed E-state index contributed by atoms with van der Waals surface area (Å²) in [4.78, 5) is 28.4. The average molecular weight is 440 g/mol. The van der Waals surface area contributed by atoms with Crippen LogP contribution in [0.4, 0.5) is 11.4 Å². The molecule has 0 aromatic heterocycles. The quantitative estimate of drug-likeness (QED) is 0.494. The summed E-state index contributed by atoms with van der Waals surface area (Å²) in [6.45, 7) is 7.43. The lowest BCUT2D eigenvalue weighted by atomic mass is 9.98. The first-order valence-electron chi connectivity index (χ1n) is 11.2. The lowest BCUT2D eigenvalue weighted by Crippen LogP contribution is -2.33. The number of para-hydroxylation sites is 1. The van der Waals surface area contributed by atoms with Crippen LogP contribution in [0, 0.1) is 16.0 Å². The van der Waals surface area contributed by atoms with Gasteiger partial charge in [0.05, 0.1) is 4.92 Å². The third kappa shape index (κ3) is 4.49. The fourth-order valence-corrected chi connectivity index (χ4v) is 4.29. The Morgan fingerprint density at radius 2 is 1.94 bits per heavy atom. The number of nitro groups is 1. The molecule has 2 aliphatic heterocycles. The number of nitrogens with zero attached hydrogens (tertiary/aromatic N) is 3. The number of fused-ring (bicyclic) bond motifs is 1. The lowest BCUT2D eigenvalue weighted by Gasteiger charge is -2.32. The van der Waals surface area contributed by atoms with E-state index in [1.807, 2.05) is 25.1 Å². The number of nitro benzene ring substituents is 1. The maximum absolute atomic E-state index is 13.3. The molecule has 2 aromatic rings.